The molecule has 6 nitrogen and oxygen atoms in total. The highest BCUT2D eigenvalue weighted by atomic mass is 35.5. The van der Waals surface area contributed by atoms with Gasteiger partial charge in [0.25, 0.3) is 0 Å². The van der Waals surface area contributed by atoms with Gasteiger partial charge >= 0.3 is 6.09 Å². The molecule has 1 aliphatic heterocycles. The van der Waals surface area contributed by atoms with Crippen LogP contribution in [0.2, 0.25) is 5.02 Å². The lowest BCUT2D eigenvalue weighted by Gasteiger charge is -2.24. The van der Waals surface area contributed by atoms with Gasteiger partial charge < -0.3 is 14.5 Å². The number of carbonyl (C=O) groups is 1. The molecular formula is C25H38ClN3O3S. The standard InChI is InChI=1S/C11H14ClNOS.C8H18N2O2.C6H6/c12-10-4-6-11(7-5-10)15(14)13-8-2-1-3-9-13;1-9(2)6-5-7-10(3)8(11)12-4;1-2-4-6-5-3-1/h4-7H,1-3,8-9H2;5-7H2,1-4H3;1-6H. The summed E-state index contributed by atoms with van der Waals surface area (Å²) in [5, 5.41) is 0.689. The van der Waals surface area contributed by atoms with Gasteiger partial charge in [-0.25, -0.2) is 13.3 Å². The Morgan fingerprint density at radius 2 is 1.45 bits per heavy atom. The van der Waals surface area contributed by atoms with Crippen molar-refractivity contribution in [3.05, 3.63) is 65.7 Å². The van der Waals surface area contributed by atoms with Crippen molar-refractivity contribution >= 4 is 28.7 Å². The monoisotopic (exact) mass is 495 g/mol. The van der Waals surface area contributed by atoms with Crippen LogP contribution in [0.25, 0.3) is 0 Å². The summed E-state index contributed by atoms with van der Waals surface area (Å²) in [5.74, 6) is 0. The molecule has 1 unspecified atom stereocenters. The zero-order valence-corrected chi connectivity index (χ0v) is 21.9. The minimum Gasteiger partial charge on any atom is -0.453 e. The van der Waals surface area contributed by atoms with Crippen LogP contribution in [-0.2, 0) is 15.7 Å². The zero-order valence-electron chi connectivity index (χ0n) is 20.3. The molecule has 0 spiro atoms. The number of piperidine rings is 1. The molecule has 33 heavy (non-hydrogen) atoms. The highest BCUT2D eigenvalue weighted by molar-refractivity contribution is 7.82. The molecule has 184 valence electrons. The number of hydrogen-bond donors (Lipinski definition) is 0. The highest BCUT2D eigenvalue weighted by Crippen LogP contribution is 2.18. The normalized spacial score (nSPS) is 14.2. The third-order valence-corrected chi connectivity index (χ3v) is 6.58. The van der Waals surface area contributed by atoms with Gasteiger partial charge in [0, 0.05) is 31.7 Å². The molecule has 1 heterocycles. The Kier molecular flexibility index (Phi) is 15.5. The summed E-state index contributed by atoms with van der Waals surface area (Å²) in [6.07, 6.45) is 4.26. The SMILES string of the molecule is COC(=O)N(C)CCCN(C)C.O=S(c1ccc(Cl)cc1)N1CCCCC1.c1ccccc1. The third-order valence-electron chi connectivity index (χ3n) is 4.82. The first-order valence-corrected chi connectivity index (χ1v) is 12.7. The fourth-order valence-electron chi connectivity index (χ4n) is 2.99. The first-order valence-electron chi connectivity index (χ1n) is 11.2. The van der Waals surface area contributed by atoms with Gasteiger partial charge in [0.2, 0.25) is 0 Å². The van der Waals surface area contributed by atoms with Crippen molar-refractivity contribution in [1.29, 1.82) is 0 Å². The van der Waals surface area contributed by atoms with E-state index in [1.54, 1.807) is 24.1 Å². The van der Waals surface area contributed by atoms with Crippen molar-refractivity contribution in [2.45, 2.75) is 30.6 Å². The molecular weight excluding hydrogens is 458 g/mol. The van der Waals surface area contributed by atoms with Crippen LogP contribution >= 0.6 is 11.6 Å². The second-order valence-electron chi connectivity index (χ2n) is 7.90. The number of rotatable bonds is 6. The fraction of sp³-hybridized carbons (Fsp3) is 0.480. The van der Waals surface area contributed by atoms with Crippen LogP contribution in [0.5, 0.6) is 0 Å². The molecule has 0 N–H and O–H groups in total. The summed E-state index contributed by atoms with van der Waals surface area (Å²) in [4.78, 5) is 15.4. The summed E-state index contributed by atoms with van der Waals surface area (Å²) >= 11 is 5.79. The number of methoxy groups -OCH3 is 1. The van der Waals surface area contributed by atoms with Gasteiger partial charge in [-0.15, -0.1) is 0 Å². The molecule has 1 atom stereocenters. The van der Waals surface area contributed by atoms with Gasteiger partial charge in [0.1, 0.15) is 11.0 Å². The van der Waals surface area contributed by atoms with E-state index in [1.165, 1.54) is 13.5 Å². The minimum atomic E-state index is -1.00. The van der Waals surface area contributed by atoms with E-state index in [0.717, 1.165) is 50.3 Å². The average Bonchev–Trinajstić information content (AvgIpc) is 2.85. The van der Waals surface area contributed by atoms with Crippen LogP contribution < -0.4 is 0 Å². The largest absolute Gasteiger partial charge is 0.453 e. The first-order chi connectivity index (χ1) is 15.8. The second kappa shape index (κ2) is 17.5. The number of ether oxygens (including phenoxy) is 1. The summed E-state index contributed by atoms with van der Waals surface area (Å²) < 4.78 is 18.7. The van der Waals surface area contributed by atoms with Crippen LogP contribution in [0.4, 0.5) is 4.79 Å². The van der Waals surface area contributed by atoms with E-state index in [-0.39, 0.29) is 6.09 Å². The van der Waals surface area contributed by atoms with Crippen LogP contribution in [0.15, 0.2) is 65.6 Å². The summed E-state index contributed by atoms with van der Waals surface area (Å²) in [5.41, 5.74) is 0. The van der Waals surface area contributed by atoms with E-state index in [1.807, 2.05) is 66.9 Å². The van der Waals surface area contributed by atoms with Gasteiger partial charge in [0.05, 0.1) is 12.0 Å². The van der Waals surface area contributed by atoms with E-state index in [0.29, 0.717) is 5.02 Å². The average molecular weight is 496 g/mol. The molecule has 0 bridgehead atoms. The Bertz CT molecular complexity index is 759. The molecule has 8 heteroatoms. The van der Waals surface area contributed by atoms with Crippen molar-refractivity contribution in [2.24, 2.45) is 0 Å². The van der Waals surface area contributed by atoms with Crippen LogP contribution in [0.3, 0.4) is 0 Å². The number of nitrogens with zero attached hydrogens (tertiary/aromatic N) is 3. The van der Waals surface area contributed by atoms with E-state index in [9.17, 15) is 9.00 Å². The topological polar surface area (TPSA) is 53.1 Å². The predicted molar refractivity (Wildman–Crippen MR) is 138 cm³/mol. The quantitative estimate of drug-likeness (QED) is 0.554. The van der Waals surface area contributed by atoms with Crippen LogP contribution in [-0.4, -0.2) is 78.8 Å². The third kappa shape index (κ3) is 13.4. The predicted octanol–water partition coefficient (Wildman–Crippen LogP) is 5.17. The summed E-state index contributed by atoms with van der Waals surface area (Å²) in [6, 6.07) is 19.3. The maximum atomic E-state index is 12.1. The van der Waals surface area contributed by atoms with E-state index in [4.69, 9.17) is 11.6 Å². The molecule has 1 saturated heterocycles. The first kappa shape index (κ1) is 29.1. The Labute approximate surface area is 207 Å². The molecule has 0 aliphatic carbocycles. The number of benzene rings is 2. The van der Waals surface area contributed by atoms with Gasteiger partial charge in [-0.1, -0.05) is 54.4 Å². The Balaban J connectivity index is 0.000000270. The van der Waals surface area contributed by atoms with Gasteiger partial charge in [0.15, 0.2) is 0 Å². The van der Waals surface area contributed by atoms with E-state index >= 15 is 0 Å². The van der Waals surface area contributed by atoms with Gasteiger partial charge in [-0.3, -0.25) is 0 Å². The Morgan fingerprint density at radius 1 is 0.939 bits per heavy atom. The molecule has 2 aromatic rings. The van der Waals surface area contributed by atoms with Crippen molar-refractivity contribution in [2.75, 3.05) is 54.4 Å². The van der Waals surface area contributed by atoms with Crippen molar-refractivity contribution in [3.8, 4) is 0 Å². The Hall–Kier alpha value is -1.93. The van der Waals surface area contributed by atoms with E-state index < -0.39 is 11.0 Å². The maximum Gasteiger partial charge on any atom is 0.409 e. The summed E-state index contributed by atoms with van der Waals surface area (Å²) in [7, 11) is 6.15. The number of hydrogen-bond acceptors (Lipinski definition) is 4. The fourth-order valence-corrected chi connectivity index (χ4v) is 4.37. The van der Waals surface area contributed by atoms with Crippen molar-refractivity contribution < 1.29 is 13.7 Å². The number of amides is 1. The van der Waals surface area contributed by atoms with Crippen molar-refractivity contribution in [1.82, 2.24) is 14.1 Å². The molecule has 1 aliphatic rings. The van der Waals surface area contributed by atoms with Gasteiger partial charge in [-0.05, 0) is 64.2 Å². The second-order valence-corrected chi connectivity index (χ2v) is 9.82. The van der Waals surface area contributed by atoms with E-state index in [2.05, 4.69) is 9.64 Å². The number of carbonyl (C=O) groups excluding carboxylic acids is 1. The lowest BCUT2D eigenvalue weighted by Crippen LogP contribution is -2.31. The zero-order chi connectivity index (χ0) is 24.5. The molecule has 1 amide bonds. The molecule has 2 aromatic carbocycles. The van der Waals surface area contributed by atoms with Gasteiger partial charge in [-0.2, -0.15) is 0 Å². The molecule has 0 saturated carbocycles. The molecule has 0 aromatic heterocycles. The van der Waals surface area contributed by atoms with Crippen LogP contribution in [0, 0.1) is 0 Å². The lowest BCUT2D eigenvalue weighted by molar-refractivity contribution is 0.132. The highest BCUT2D eigenvalue weighted by Gasteiger charge is 2.17. The molecule has 0 radical (unpaired) electrons. The molecule has 1 fully saturated rings. The smallest absolute Gasteiger partial charge is 0.409 e. The van der Waals surface area contributed by atoms with Crippen molar-refractivity contribution in [3.63, 3.8) is 0 Å². The minimum absolute atomic E-state index is 0.270. The summed E-state index contributed by atoms with van der Waals surface area (Å²) in [6.45, 7) is 3.61. The molecule has 3 rings (SSSR count). The van der Waals surface area contributed by atoms with Crippen LogP contribution in [0.1, 0.15) is 25.7 Å². The maximum absolute atomic E-state index is 12.1. The number of halogens is 1. The lowest BCUT2D eigenvalue weighted by atomic mass is 10.2. The Morgan fingerprint density at radius 3 is 1.91 bits per heavy atom.